The molecular weight excluding hydrogens is 449 g/mol. The third-order valence-corrected chi connectivity index (χ3v) is 4.40. The van der Waals surface area contributed by atoms with E-state index in [1.807, 2.05) is 31.2 Å². The summed E-state index contributed by atoms with van der Waals surface area (Å²) < 4.78 is 11.0. The largest absolute Gasteiger partial charge is 0.497 e. The van der Waals surface area contributed by atoms with Crippen LogP contribution in [0.2, 0.25) is 0 Å². The van der Waals surface area contributed by atoms with Crippen LogP contribution in [-0.2, 0) is 6.54 Å². The van der Waals surface area contributed by atoms with Crippen molar-refractivity contribution < 1.29 is 9.47 Å². The van der Waals surface area contributed by atoms with Crippen molar-refractivity contribution in [2.45, 2.75) is 26.5 Å². The number of aliphatic imine (C=N–C) groups is 1. The van der Waals surface area contributed by atoms with Gasteiger partial charge in [-0.3, -0.25) is 4.99 Å². The SMILES string of the molecule is CN=C(NCc1ccc(C)s1)NCC(C)Oc1ccc(OC)cc1.I. The number of nitrogens with one attached hydrogen (secondary N) is 2. The predicted octanol–water partition coefficient (Wildman–Crippen LogP) is 3.82. The fraction of sp³-hybridized carbons (Fsp3) is 0.389. The van der Waals surface area contributed by atoms with E-state index < -0.39 is 0 Å². The predicted molar refractivity (Wildman–Crippen MR) is 116 cm³/mol. The van der Waals surface area contributed by atoms with Crippen LogP contribution in [0.15, 0.2) is 41.4 Å². The summed E-state index contributed by atoms with van der Waals surface area (Å²) in [7, 11) is 3.42. The van der Waals surface area contributed by atoms with Crippen molar-refractivity contribution >= 4 is 41.3 Å². The zero-order chi connectivity index (χ0) is 17.4. The van der Waals surface area contributed by atoms with Crippen LogP contribution < -0.4 is 20.1 Å². The molecule has 0 aliphatic carbocycles. The summed E-state index contributed by atoms with van der Waals surface area (Å²) in [5, 5.41) is 6.59. The maximum atomic E-state index is 5.88. The fourth-order valence-electron chi connectivity index (χ4n) is 2.14. The van der Waals surface area contributed by atoms with Gasteiger partial charge in [0, 0.05) is 16.8 Å². The highest BCUT2D eigenvalue weighted by molar-refractivity contribution is 14.0. The summed E-state index contributed by atoms with van der Waals surface area (Å²) in [6.07, 6.45) is 0.0147. The molecule has 0 saturated carbocycles. The van der Waals surface area contributed by atoms with Gasteiger partial charge in [-0.2, -0.15) is 0 Å². The van der Waals surface area contributed by atoms with Gasteiger partial charge in [-0.05, 0) is 50.2 Å². The zero-order valence-corrected chi connectivity index (χ0v) is 18.2. The van der Waals surface area contributed by atoms with Gasteiger partial charge in [0.05, 0.1) is 20.2 Å². The Morgan fingerprint density at radius 2 is 1.80 bits per heavy atom. The fourth-order valence-corrected chi connectivity index (χ4v) is 2.97. The van der Waals surface area contributed by atoms with Crippen LogP contribution in [0.3, 0.4) is 0 Å². The molecule has 1 atom stereocenters. The molecule has 2 N–H and O–H groups in total. The van der Waals surface area contributed by atoms with Crippen molar-refractivity contribution in [3.8, 4) is 11.5 Å². The Balaban J connectivity index is 0.00000312. The van der Waals surface area contributed by atoms with Gasteiger partial charge < -0.3 is 20.1 Å². The summed E-state index contributed by atoms with van der Waals surface area (Å²) in [5.74, 6) is 2.41. The number of hydrogen-bond donors (Lipinski definition) is 2. The van der Waals surface area contributed by atoms with E-state index in [-0.39, 0.29) is 30.1 Å². The van der Waals surface area contributed by atoms with Crippen LogP contribution in [0.4, 0.5) is 0 Å². The second-order valence-corrected chi connectivity index (χ2v) is 6.80. The van der Waals surface area contributed by atoms with Crippen molar-refractivity contribution in [2.24, 2.45) is 4.99 Å². The van der Waals surface area contributed by atoms with Crippen molar-refractivity contribution in [1.82, 2.24) is 10.6 Å². The van der Waals surface area contributed by atoms with Gasteiger partial charge in [0.2, 0.25) is 0 Å². The summed E-state index contributed by atoms with van der Waals surface area (Å²) in [6, 6.07) is 11.8. The molecule has 25 heavy (non-hydrogen) atoms. The van der Waals surface area contributed by atoms with Gasteiger partial charge in [0.1, 0.15) is 17.6 Å². The molecule has 2 aromatic rings. The van der Waals surface area contributed by atoms with Crippen LogP contribution >= 0.6 is 35.3 Å². The highest BCUT2D eigenvalue weighted by Gasteiger charge is 2.06. The lowest BCUT2D eigenvalue weighted by Gasteiger charge is -2.17. The standard InChI is InChI=1S/C18H25N3O2S.HI/c1-13(23-16-8-6-15(22-4)7-9-16)11-20-18(19-3)21-12-17-10-5-14(2)24-17;/h5-10,13H,11-12H2,1-4H3,(H2,19,20,21);1H. The molecule has 1 aromatic heterocycles. The Morgan fingerprint density at radius 3 is 2.36 bits per heavy atom. The van der Waals surface area contributed by atoms with Gasteiger partial charge in [-0.15, -0.1) is 35.3 Å². The monoisotopic (exact) mass is 475 g/mol. The molecule has 0 aliphatic rings. The molecule has 0 spiro atoms. The number of hydrogen-bond acceptors (Lipinski definition) is 4. The lowest BCUT2D eigenvalue weighted by Crippen LogP contribution is -2.41. The van der Waals surface area contributed by atoms with Gasteiger partial charge in [0.15, 0.2) is 5.96 Å². The first-order valence-electron chi connectivity index (χ1n) is 7.91. The van der Waals surface area contributed by atoms with Crippen LogP contribution in [0.5, 0.6) is 11.5 Å². The number of guanidine groups is 1. The molecule has 5 nitrogen and oxygen atoms in total. The number of methoxy groups -OCH3 is 1. The maximum absolute atomic E-state index is 5.88. The molecule has 0 amide bonds. The molecule has 2 rings (SSSR count). The van der Waals surface area contributed by atoms with Gasteiger partial charge >= 0.3 is 0 Å². The van der Waals surface area contributed by atoms with E-state index in [9.17, 15) is 0 Å². The van der Waals surface area contributed by atoms with E-state index in [4.69, 9.17) is 9.47 Å². The zero-order valence-electron chi connectivity index (χ0n) is 15.0. The second-order valence-electron chi connectivity index (χ2n) is 5.42. The molecule has 138 valence electrons. The van der Waals surface area contributed by atoms with Crippen LogP contribution in [0.25, 0.3) is 0 Å². The molecule has 1 heterocycles. The molecule has 0 radical (unpaired) electrons. The van der Waals surface area contributed by atoms with Crippen molar-refractivity contribution in [3.05, 3.63) is 46.2 Å². The summed E-state index contributed by atoms with van der Waals surface area (Å²) in [6.45, 7) is 5.56. The number of thiophene rings is 1. The molecule has 0 fully saturated rings. The number of halogens is 1. The average Bonchev–Trinajstić information content (AvgIpc) is 3.01. The molecule has 1 aromatic carbocycles. The first-order chi connectivity index (χ1) is 11.6. The molecule has 0 aliphatic heterocycles. The summed E-state index contributed by atoms with van der Waals surface area (Å²) in [4.78, 5) is 6.84. The van der Waals surface area contributed by atoms with E-state index in [0.717, 1.165) is 24.0 Å². The average molecular weight is 475 g/mol. The molecule has 7 heteroatoms. The van der Waals surface area contributed by atoms with Crippen molar-refractivity contribution in [2.75, 3.05) is 20.7 Å². The minimum Gasteiger partial charge on any atom is -0.497 e. The number of aryl methyl sites for hydroxylation is 1. The second kappa shape index (κ2) is 11.2. The van der Waals surface area contributed by atoms with E-state index in [1.54, 1.807) is 25.5 Å². The Bertz CT molecular complexity index is 659. The van der Waals surface area contributed by atoms with E-state index >= 15 is 0 Å². The number of benzene rings is 1. The van der Waals surface area contributed by atoms with E-state index in [2.05, 4.69) is 34.7 Å². The van der Waals surface area contributed by atoms with Crippen molar-refractivity contribution in [3.63, 3.8) is 0 Å². The number of nitrogens with zero attached hydrogens (tertiary/aromatic N) is 1. The Labute approximate surface area is 170 Å². The normalized spacial score (nSPS) is 12.1. The minimum atomic E-state index is 0. The Morgan fingerprint density at radius 1 is 1.12 bits per heavy atom. The molecule has 0 bridgehead atoms. The molecular formula is C18H26IN3O2S. The Kier molecular flexibility index (Phi) is 9.66. The number of rotatable bonds is 7. The van der Waals surface area contributed by atoms with E-state index in [0.29, 0.717) is 6.54 Å². The summed E-state index contributed by atoms with van der Waals surface area (Å²) >= 11 is 1.79. The smallest absolute Gasteiger partial charge is 0.191 e. The van der Waals surface area contributed by atoms with Crippen molar-refractivity contribution in [1.29, 1.82) is 0 Å². The van der Waals surface area contributed by atoms with Gasteiger partial charge in [-0.25, -0.2) is 0 Å². The van der Waals surface area contributed by atoms with Gasteiger partial charge in [0.25, 0.3) is 0 Å². The maximum Gasteiger partial charge on any atom is 0.191 e. The first kappa shape index (κ1) is 21.6. The minimum absolute atomic E-state index is 0. The number of ether oxygens (including phenoxy) is 2. The Hall–Kier alpha value is -1.48. The molecule has 0 saturated heterocycles. The lowest BCUT2D eigenvalue weighted by atomic mass is 10.3. The quantitative estimate of drug-likeness (QED) is 0.363. The lowest BCUT2D eigenvalue weighted by molar-refractivity contribution is 0.223. The molecule has 1 unspecified atom stereocenters. The van der Waals surface area contributed by atoms with Crippen LogP contribution in [-0.4, -0.2) is 32.8 Å². The highest BCUT2D eigenvalue weighted by Crippen LogP contribution is 2.18. The van der Waals surface area contributed by atoms with Crippen LogP contribution in [0, 0.1) is 6.92 Å². The van der Waals surface area contributed by atoms with Gasteiger partial charge in [-0.1, -0.05) is 0 Å². The third kappa shape index (κ3) is 7.52. The van der Waals surface area contributed by atoms with E-state index in [1.165, 1.54) is 9.75 Å². The highest BCUT2D eigenvalue weighted by atomic mass is 127. The summed E-state index contributed by atoms with van der Waals surface area (Å²) in [5.41, 5.74) is 0. The topological polar surface area (TPSA) is 54.9 Å². The first-order valence-corrected chi connectivity index (χ1v) is 8.73. The van der Waals surface area contributed by atoms with Crippen LogP contribution in [0.1, 0.15) is 16.7 Å². The third-order valence-electron chi connectivity index (χ3n) is 3.40.